The molecule has 1 unspecified atom stereocenters. The zero-order chi connectivity index (χ0) is 36.7. The highest BCUT2D eigenvalue weighted by molar-refractivity contribution is 6.38. The molecule has 2 saturated carbocycles. The van der Waals surface area contributed by atoms with Gasteiger partial charge >= 0.3 is 0 Å². The highest BCUT2D eigenvalue weighted by atomic mass is 16.2. The van der Waals surface area contributed by atoms with E-state index in [1.54, 1.807) is 0 Å². The predicted molar refractivity (Wildman–Crippen MR) is 189 cm³/mol. The van der Waals surface area contributed by atoms with Crippen molar-refractivity contribution in [2.75, 3.05) is 0 Å². The number of benzene rings is 1. The predicted octanol–water partition coefficient (Wildman–Crippen LogP) is 2.77. The van der Waals surface area contributed by atoms with E-state index in [9.17, 15) is 28.8 Å². The quantitative estimate of drug-likeness (QED) is 0.230. The van der Waals surface area contributed by atoms with Gasteiger partial charge in [-0.3, -0.25) is 33.8 Å². The van der Waals surface area contributed by atoms with Gasteiger partial charge in [0.2, 0.25) is 23.5 Å². The number of Topliss-reactive ketones (excluding diaryl/α,β-unsaturated/α-hetero) is 1. The van der Waals surface area contributed by atoms with Gasteiger partial charge in [0.15, 0.2) is 0 Å². The molecule has 0 bridgehead atoms. The van der Waals surface area contributed by atoms with Crippen LogP contribution in [0, 0.1) is 11.3 Å². The maximum absolute atomic E-state index is 14.7. The largest absolute Gasteiger partial charge is 0.347 e. The fourth-order valence-electron chi connectivity index (χ4n) is 7.00. The van der Waals surface area contributed by atoms with Gasteiger partial charge in [0, 0.05) is 31.4 Å². The second-order valence-corrected chi connectivity index (χ2v) is 15.2. The van der Waals surface area contributed by atoms with E-state index in [4.69, 9.17) is 0 Å². The summed E-state index contributed by atoms with van der Waals surface area (Å²) in [5.41, 5.74) is 1.06. The van der Waals surface area contributed by atoms with Gasteiger partial charge in [-0.2, -0.15) is 0 Å². The summed E-state index contributed by atoms with van der Waals surface area (Å²) in [5, 5.41) is 11.4. The van der Waals surface area contributed by atoms with Crippen LogP contribution in [0.3, 0.4) is 0 Å². The van der Waals surface area contributed by atoms with E-state index in [2.05, 4.69) is 31.2 Å². The SMILES string of the molecule is CCCC(NC(=O)[C@@H]1Cc2ccccc2CN1C(=O)[C@@H](NC(=O)[C@@H](NC(=O)c1cnccn1)C1CCCCC1)C(C)(C)C)C(=O)C(=O)NC1CC1. The zero-order valence-corrected chi connectivity index (χ0v) is 30.1. The average molecular weight is 702 g/mol. The summed E-state index contributed by atoms with van der Waals surface area (Å²) in [6.45, 7) is 7.49. The Balaban J connectivity index is 1.40. The number of hydrogen-bond acceptors (Lipinski definition) is 8. The van der Waals surface area contributed by atoms with Crippen LogP contribution in [0.15, 0.2) is 42.9 Å². The van der Waals surface area contributed by atoms with Gasteiger partial charge in [0.1, 0.15) is 23.8 Å². The number of ketones is 1. The molecular formula is C38H51N7O6. The Morgan fingerprint density at radius 1 is 0.902 bits per heavy atom. The van der Waals surface area contributed by atoms with Crippen molar-refractivity contribution >= 4 is 35.3 Å². The molecule has 1 aromatic heterocycles. The third-order valence-corrected chi connectivity index (χ3v) is 10.1. The second kappa shape index (κ2) is 16.6. The van der Waals surface area contributed by atoms with Crippen molar-refractivity contribution in [1.82, 2.24) is 36.1 Å². The van der Waals surface area contributed by atoms with Gasteiger partial charge < -0.3 is 26.2 Å². The Morgan fingerprint density at radius 3 is 2.24 bits per heavy atom. The molecule has 2 fully saturated rings. The van der Waals surface area contributed by atoms with Crippen LogP contribution >= 0.6 is 0 Å². The molecule has 5 amide bonds. The second-order valence-electron chi connectivity index (χ2n) is 15.2. The van der Waals surface area contributed by atoms with Crippen molar-refractivity contribution < 1.29 is 28.8 Å². The number of nitrogens with one attached hydrogen (secondary N) is 4. The Hall–Kier alpha value is -4.68. The number of carbonyl (C=O) groups excluding carboxylic acids is 6. The fraction of sp³-hybridized carbons (Fsp3) is 0.579. The summed E-state index contributed by atoms with van der Waals surface area (Å²) in [6, 6.07) is 3.52. The summed E-state index contributed by atoms with van der Waals surface area (Å²) in [5.74, 6) is -3.58. The first-order valence-corrected chi connectivity index (χ1v) is 18.3. The molecule has 13 heteroatoms. The number of aromatic nitrogens is 2. The molecule has 0 spiro atoms. The standard InChI is InChI=1S/C38H51N7O6/c1-5-11-27(31(46)36(50)41-26-16-17-26)42-34(48)29-20-24-14-9-10-15-25(24)22-45(29)37(51)32(38(2,3)4)44-35(49)30(23-12-7-6-8-13-23)43-33(47)28-21-39-18-19-40-28/h9-10,14-15,18-19,21,23,26-27,29-30,32H,5-8,11-13,16-17,20,22H2,1-4H3,(H,41,50)(H,42,48)(H,43,47)(H,44,49)/t27?,29-,30-,32+/m0/s1. The summed E-state index contributed by atoms with van der Waals surface area (Å²) in [7, 11) is 0. The van der Waals surface area contributed by atoms with Crippen LogP contribution in [0.1, 0.15) is 107 Å². The molecule has 5 rings (SSSR count). The lowest BCUT2D eigenvalue weighted by Crippen LogP contribution is -2.63. The Morgan fingerprint density at radius 2 is 1.61 bits per heavy atom. The minimum atomic E-state index is -1.07. The van der Waals surface area contributed by atoms with Gasteiger partial charge in [0.05, 0.1) is 12.2 Å². The normalized spacial score (nSPS) is 19.5. The fourth-order valence-corrected chi connectivity index (χ4v) is 7.00. The highest BCUT2D eigenvalue weighted by Crippen LogP contribution is 2.30. The van der Waals surface area contributed by atoms with Crippen LogP contribution in [-0.2, 0) is 36.9 Å². The van der Waals surface area contributed by atoms with E-state index in [0.29, 0.717) is 6.42 Å². The monoisotopic (exact) mass is 701 g/mol. The molecule has 2 aliphatic carbocycles. The third kappa shape index (κ3) is 9.56. The molecule has 2 aromatic rings. The zero-order valence-electron chi connectivity index (χ0n) is 30.1. The molecule has 3 aliphatic rings. The molecule has 1 aromatic carbocycles. The number of carbonyl (C=O) groups is 6. The number of rotatable bonds is 13. The molecule has 274 valence electrons. The van der Waals surface area contributed by atoms with E-state index >= 15 is 0 Å². The number of nitrogens with zero attached hydrogens (tertiary/aromatic N) is 3. The van der Waals surface area contributed by atoms with Crippen LogP contribution in [-0.4, -0.2) is 80.4 Å². The highest BCUT2D eigenvalue weighted by Gasteiger charge is 2.44. The summed E-state index contributed by atoms with van der Waals surface area (Å²) in [6.07, 6.45) is 11.2. The molecule has 13 nitrogen and oxygen atoms in total. The smallest absolute Gasteiger partial charge is 0.289 e. The van der Waals surface area contributed by atoms with Crippen LogP contribution in [0.5, 0.6) is 0 Å². The lowest BCUT2D eigenvalue weighted by atomic mass is 9.81. The summed E-state index contributed by atoms with van der Waals surface area (Å²) < 4.78 is 0. The molecule has 4 N–H and O–H groups in total. The average Bonchev–Trinajstić information content (AvgIpc) is 3.95. The van der Waals surface area contributed by atoms with Crippen molar-refractivity contribution in [2.24, 2.45) is 11.3 Å². The third-order valence-electron chi connectivity index (χ3n) is 10.1. The first-order chi connectivity index (χ1) is 24.4. The maximum atomic E-state index is 14.7. The van der Waals surface area contributed by atoms with Crippen LogP contribution in [0.4, 0.5) is 0 Å². The van der Waals surface area contributed by atoms with Crippen molar-refractivity contribution in [2.45, 2.75) is 129 Å². The van der Waals surface area contributed by atoms with Gasteiger partial charge in [-0.05, 0) is 54.6 Å². The van der Waals surface area contributed by atoms with Crippen molar-refractivity contribution in [3.63, 3.8) is 0 Å². The topological polar surface area (TPSA) is 180 Å². The lowest BCUT2D eigenvalue weighted by molar-refractivity contribution is -0.148. The van der Waals surface area contributed by atoms with E-state index in [-0.39, 0.29) is 37.0 Å². The molecule has 0 saturated heterocycles. The molecular weight excluding hydrogens is 650 g/mol. The molecule has 51 heavy (non-hydrogen) atoms. The van der Waals surface area contributed by atoms with Gasteiger partial charge in [-0.25, -0.2) is 4.98 Å². The van der Waals surface area contributed by atoms with E-state index in [1.165, 1.54) is 23.5 Å². The Kier molecular flexibility index (Phi) is 12.2. The summed E-state index contributed by atoms with van der Waals surface area (Å²) in [4.78, 5) is 91.6. The van der Waals surface area contributed by atoms with Crippen molar-refractivity contribution in [3.8, 4) is 0 Å². The molecule has 0 radical (unpaired) electrons. The number of hydrogen-bond donors (Lipinski definition) is 4. The number of amides is 5. The molecule has 1 aliphatic heterocycles. The van der Waals surface area contributed by atoms with Crippen molar-refractivity contribution in [3.05, 3.63) is 59.7 Å². The molecule has 2 heterocycles. The maximum Gasteiger partial charge on any atom is 0.289 e. The minimum Gasteiger partial charge on any atom is -0.347 e. The van der Waals surface area contributed by atoms with Crippen LogP contribution in [0.25, 0.3) is 0 Å². The van der Waals surface area contributed by atoms with E-state index in [0.717, 1.165) is 56.1 Å². The van der Waals surface area contributed by atoms with Gasteiger partial charge in [-0.1, -0.05) is 77.6 Å². The lowest BCUT2D eigenvalue weighted by Gasteiger charge is -2.42. The van der Waals surface area contributed by atoms with E-state index < -0.39 is 64.9 Å². The van der Waals surface area contributed by atoms with Crippen LogP contribution < -0.4 is 21.3 Å². The minimum absolute atomic E-state index is 0.00928. The van der Waals surface area contributed by atoms with Crippen LogP contribution in [0.2, 0.25) is 0 Å². The molecule has 4 atom stereocenters. The van der Waals surface area contributed by atoms with Crippen molar-refractivity contribution in [1.29, 1.82) is 0 Å². The van der Waals surface area contributed by atoms with Gasteiger partial charge in [-0.15, -0.1) is 0 Å². The first kappa shape index (κ1) is 37.6. The van der Waals surface area contributed by atoms with Gasteiger partial charge in [0.25, 0.3) is 11.8 Å². The van der Waals surface area contributed by atoms with E-state index in [1.807, 2.05) is 52.0 Å². The first-order valence-electron chi connectivity index (χ1n) is 18.3. The Labute approximate surface area is 299 Å². The number of fused-ring (bicyclic) bond motifs is 1. The summed E-state index contributed by atoms with van der Waals surface area (Å²) >= 11 is 0. The Bertz CT molecular complexity index is 1600.